The summed E-state index contributed by atoms with van der Waals surface area (Å²) >= 11 is 0. The average Bonchev–Trinajstić information content (AvgIpc) is 2.84. The lowest BCUT2D eigenvalue weighted by molar-refractivity contribution is 0.0738. The van der Waals surface area contributed by atoms with Crippen LogP contribution in [0.25, 0.3) is 5.65 Å². The second-order valence-electron chi connectivity index (χ2n) is 5.71. The Bertz CT molecular complexity index is 599. The highest BCUT2D eigenvalue weighted by Gasteiger charge is 2.38. The Morgan fingerprint density at radius 2 is 2.20 bits per heavy atom. The Morgan fingerprint density at radius 3 is 2.80 bits per heavy atom. The van der Waals surface area contributed by atoms with Crippen LogP contribution in [0.5, 0.6) is 0 Å². The van der Waals surface area contributed by atoms with Crippen molar-refractivity contribution in [2.75, 3.05) is 38.3 Å². The molecule has 2 heterocycles. The number of likely N-dealkylation sites (N-methyl/N-ethyl adjacent to an activating group) is 1. The number of nitrogens with zero attached hydrogens (tertiary/aromatic N) is 4. The van der Waals surface area contributed by atoms with Crippen molar-refractivity contribution in [3.63, 3.8) is 0 Å². The molecule has 2 aromatic heterocycles. The summed E-state index contributed by atoms with van der Waals surface area (Å²) in [5.41, 5.74) is 1.14. The van der Waals surface area contributed by atoms with E-state index >= 15 is 0 Å². The molecule has 108 valence electrons. The fourth-order valence-corrected chi connectivity index (χ4v) is 2.79. The van der Waals surface area contributed by atoms with Crippen molar-refractivity contribution in [1.29, 1.82) is 0 Å². The monoisotopic (exact) mass is 274 g/mol. The van der Waals surface area contributed by atoms with Crippen LogP contribution in [-0.4, -0.2) is 52.5 Å². The fraction of sp³-hybridized carbons (Fsp3) is 0.571. The van der Waals surface area contributed by atoms with E-state index < -0.39 is 0 Å². The van der Waals surface area contributed by atoms with E-state index in [1.54, 1.807) is 6.20 Å². The molecule has 1 aliphatic rings. The van der Waals surface area contributed by atoms with E-state index in [4.69, 9.17) is 0 Å². The molecule has 1 saturated carbocycles. The Hall–Kier alpha value is -1.82. The molecule has 0 bridgehead atoms. The van der Waals surface area contributed by atoms with Crippen LogP contribution in [0, 0.1) is 0 Å². The predicted molar refractivity (Wildman–Crippen MR) is 81.3 cm³/mol. The van der Waals surface area contributed by atoms with Gasteiger partial charge in [-0.05, 0) is 33.4 Å². The van der Waals surface area contributed by atoms with E-state index in [-0.39, 0.29) is 5.54 Å². The first-order chi connectivity index (χ1) is 9.64. The highest BCUT2D eigenvalue weighted by molar-refractivity contribution is 5.65. The smallest absolute Gasteiger partial charge is 0.180 e. The Morgan fingerprint density at radius 1 is 1.40 bits per heavy atom. The Labute approximate surface area is 119 Å². The number of nitrogens with one attached hydrogen (secondary N) is 2. The quantitative estimate of drug-likeness (QED) is 0.868. The highest BCUT2D eigenvalue weighted by Crippen LogP contribution is 2.36. The van der Waals surface area contributed by atoms with Crippen molar-refractivity contribution in [3.05, 3.63) is 18.6 Å². The molecule has 0 aliphatic heterocycles. The van der Waals surface area contributed by atoms with Crippen molar-refractivity contribution in [1.82, 2.24) is 19.3 Å². The molecular formula is C14H22N6. The number of hydrogen-bond acceptors (Lipinski definition) is 5. The first-order valence-corrected chi connectivity index (χ1v) is 7.07. The summed E-state index contributed by atoms with van der Waals surface area (Å²) < 4.78 is 1.99. The van der Waals surface area contributed by atoms with Crippen molar-refractivity contribution in [2.24, 2.45) is 0 Å². The minimum absolute atomic E-state index is 0.265. The first-order valence-electron chi connectivity index (χ1n) is 7.07. The van der Waals surface area contributed by atoms with Crippen molar-refractivity contribution in [2.45, 2.75) is 24.8 Å². The van der Waals surface area contributed by atoms with Crippen LogP contribution < -0.4 is 10.6 Å². The van der Waals surface area contributed by atoms with Crippen LogP contribution in [0.4, 0.5) is 11.6 Å². The van der Waals surface area contributed by atoms with E-state index in [1.165, 1.54) is 19.3 Å². The normalized spacial score (nSPS) is 17.2. The van der Waals surface area contributed by atoms with Gasteiger partial charge in [0, 0.05) is 31.5 Å². The van der Waals surface area contributed by atoms with Crippen LogP contribution in [0.3, 0.4) is 0 Å². The fourth-order valence-electron chi connectivity index (χ4n) is 2.79. The third-order valence-electron chi connectivity index (χ3n) is 4.45. The van der Waals surface area contributed by atoms with E-state index in [1.807, 2.05) is 23.8 Å². The van der Waals surface area contributed by atoms with E-state index in [9.17, 15) is 0 Å². The zero-order valence-corrected chi connectivity index (χ0v) is 12.3. The molecule has 0 saturated heterocycles. The summed E-state index contributed by atoms with van der Waals surface area (Å²) in [4.78, 5) is 11.3. The summed E-state index contributed by atoms with van der Waals surface area (Å²) in [6.45, 7) is 0.905. The molecule has 0 spiro atoms. The van der Waals surface area contributed by atoms with Gasteiger partial charge >= 0.3 is 0 Å². The van der Waals surface area contributed by atoms with E-state index in [2.05, 4.69) is 39.6 Å². The molecule has 0 unspecified atom stereocenters. The minimum atomic E-state index is 0.265. The average molecular weight is 274 g/mol. The SMILES string of the molecule is CNc1cn2ccnc2c(NCC2(N(C)C)CCC2)n1. The molecule has 20 heavy (non-hydrogen) atoms. The van der Waals surface area contributed by atoms with Gasteiger partial charge in [0.15, 0.2) is 11.5 Å². The number of rotatable bonds is 5. The molecule has 1 fully saturated rings. The molecule has 0 radical (unpaired) electrons. The van der Waals surface area contributed by atoms with Crippen LogP contribution in [0.2, 0.25) is 0 Å². The summed E-state index contributed by atoms with van der Waals surface area (Å²) in [5, 5.41) is 6.58. The molecule has 3 rings (SSSR count). The van der Waals surface area contributed by atoms with Crippen LogP contribution >= 0.6 is 0 Å². The van der Waals surface area contributed by atoms with Gasteiger partial charge in [-0.15, -0.1) is 0 Å². The summed E-state index contributed by atoms with van der Waals surface area (Å²) in [5.74, 6) is 1.68. The van der Waals surface area contributed by atoms with Crippen LogP contribution in [0.1, 0.15) is 19.3 Å². The van der Waals surface area contributed by atoms with Crippen LogP contribution in [0.15, 0.2) is 18.6 Å². The highest BCUT2D eigenvalue weighted by atomic mass is 15.2. The Balaban J connectivity index is 1.85. The maximum Gasteiger partial charge on any atom is 0.180 e. The molecule has 1 aliphatic carbocycles. The lowest BCUT2D eigenvalue weighted by Crippen LogP contribution is -2.54. The van der Waals surface area contributed by atoms with Gasteiger partial charge in [-0.25, -0.2) is 9.97 Å². The van der Waals surface area contributed by atoms with Gasteiger partial charge < -0.3 is 19.9 Å². The van der Waals surface area contributed by atoms with Gasteiger partial charge in [0.1, 0.15) is 5.82 Å². The van der Waals surface area contributed by atoms with Gasteiger partial charge in [0.05, 0.1) is 6.20 Å². The molecule has 0 amide bonds. The molecule has 2 N–H and O–H groups in total. The topological polar surface area (TPSA) is 57.5 Å². The molecular weight excluding hydrogens is 252 g/mol. The summed E-state index contributed by atoms with van der Waals surface area (Å²) in [6.07, 6.45) is 9.47. The number of hydrogen-bond donors (Lipinski definition) is 2. The molecule has 6 heteroatoms. The standard InChI is InChI=1S/C14H22N6/c1-15-11-9-20-8-7-16-13(20)12(18-11)17-10-14(19(2)3)5-4-6-14/h7-9,15H,4-6,10H2,1-3H3,(H,17,18). The predicted octanol–water partition coefficient (Wildman–Crippen LogP) is 1.67. The van der Waals surface area contributed by atoms with E-state index in [0.717, 1.165) is 23.8 Å². The largest absolute Gasteiger partial charge is 0.372 e. The third kappa shape index (κ3) is 2.10. The zero-order valence-electron chi connectivity index (χ0n) is 12.3. The van der Waals surface area contributed by atoms with Crippen molar-refractivity contribution < 1.29 is 0 Å². The van der Waals surface area contributed by atoms with Gasteiger partial charge in [-0.3, -0.25) is 0 Å². The van der Waals surface area contributed by atoms with Gasteiger partial charge in [-0.1, -0.05) is 0 Å². The number of imidazole rings is 1. The van der Waals surface area contributed by atoms with Gasteiger partial charge in [-0.2, -0.15) is 0 Å². The first kappa shape index (κ1) is 13.2. The van der Waals surface area contributed by atoms with Gasteiger partial charge in [0.2, 0.25) is 0 Å². The third-order valence-corrected chi connectivity index (χ3v) is 4.45. The van der Waals surface area contributed by atoms with Crippen molar-refractivity contribution in [3.8, 4) is 0 Å². The lowest BCUT2D eigenvalue weighted by atomic mass is 9.75. The van der Waals surface area contributed by atoms with Crippen molar-refractivity contribution >= 4 is 17.3 Å². The maximum absolute atomic E-state index is 4.59. The number of anilines is 2. The van der Waals surface area contributed by atoms with Crippen LogP contribution in [-0.2, 0) is 0 Å². The summed E-state index contributed by atoms with van der Waals surface area (Å²) in [7, 11) is 6.19. The zero-order chi connectivity index (χ0) is 14.2. The molecule has 0 aromatic carbocycles. The minimum Gasteiger partial charge on any atom is -0.372 e. The molecule has 6 nitrogen and oxygen atoms in total. The van der Waals surface area contributed by atoms with Gasteiger partial charge in [0.25, 0.3) is 0 Å². The second kappa shape index (κ2) is 4.94. The lowest BCUT2D eigenvalue weighted by Gasteiger charge is -2.47. The van der Waals surface area contributed by atoms with E-state index in [0.29, 0.717) is 0 Å². The number of fused-ring (bicyclic) bond motifs is 1. The number of aromatic nitrogens is 3. The second-order valence-corrected chi connectivity index (χ2v) is 5.71. The summed E-state index contributed by atoms with van der Waals surface area (Å²) in [6, 6.07) is 0. The Kier molecular flexibility index (Phi) is 3.25. The molecule has 2 aromatic rings. The maximum atomic E-state index is 4.59. The molecule has 0 atom stereocenters.